The van der Waals surface area contributed by atoms with Crippen LogP contribution in [0.25, 0.3) is 0 Å². The van der Waals surface area contributed by atoms with Crippen LogP contribution in [0.2, 0.25) is 0 Å². The van der Waals surface area contributed by atoms with E-state index < -0.39 is 0 Å². The number of nitrogens with one attached hydrogen (secondary N) is 1. The van der Waals surface area contributed by atoms with Gasteiger partial charge in [0.2, 0.25) is 5.91 Å². The number of hydrogen-bond donors (Lipinski definition) is 1. The first kappa shape index (κ1) is 15.4. The summed E-state index contributed by atoms with van der Waals surface area (Å²) in [5, 5.41) is 2.79. The van der Waals surface area contributed by atoms with E-state index in [9.17, 15) is 9.59 Å². The molecule has 0 aromatic carbocycles. The van der Waals surface area contributed by atoms with Crippen LogP contribution < -0.4 is 5.32 Å². The molecule has 5 heteroatoms. The number of carbonyl (C=O) groups excluding carboxylic acids is 2. The van der Waals surface area contributed by atoms with Crippen molar-refractivity contribution >= 4 is 23.0 Å². The Kier molecular flexibility index (Phi) is 5.22. The minimum atomic E-state index is -0.125. The molecule has 0 saturated heterocycles. The summed E-state index contributed by atoms with van der Waals surface area (Å²) in [6, 6.07) is 9.42. The average molecular weight is 302 g/mol. The van der Waals surface area contributed by atoms with Gasteiger partial charge in [-0.1, -0.05) is 6.07 Å². The zero-order chi connectivity index (χ0) is 15.2. The molecule has 0 radical (unpaired) electrons. The molecular formula is C16H18N2O2S. The number of rotatable bonds is 6. The van der Waals surface area contributed by atoms with Crippen molar-refractivity contribution in [2.75, 3.05) is 0 Å². The van der Waals surface area contributed by atoms with Gasteiger partial charge in [-0.3, -0.25) is 14.6 Å². The molecule has 1 N–H and O–H groups in total. The van der Waals surface area contributed by atoms with Crippen molar-refractivity contribution in [3.8, 4) is 0 Å². The molecule has 0 unspecified atom stereocenters. The van der Waals surface area contributed by atoms with E-state index in [1.807, 2.05) is 44.2 Å². The number of hydrogen-bond acceptors (Lipinski definition) is 4. The van der Waals surface area contributed by atoms with E-state index in [4.69, 9.17) is 0 Å². The second-order valence-corrected chi connectivity index (χ2v) is 6.17. The Morgan fingerprint density at radius 3 is 2.62 bits per heavy atom. The number of amides is 1. The molecule has 0 spiro atoms. The fourth-order valence-electron chi connectivity index (χ4n) is 1.91. The minimum absolute atomic E-state index is 0.0249. The van der Waals surface area contributed by atoms with Crippen molar-refractivity contribution in [3.63, 3.8) is 0 Å². The predicted molar refractivity (Wildman–Crippen MR) is 83.4 cm³/mol. The van der Waals surface area contributed by atoms with Crippen molar-refractivity contribution in [2.45, 2.75) is 33.2 Å². The highest BCUT2D eigenvalue weighted by Gasteiger charge is 2.11. The van der Waals surface area contributed by atoms with E-state index in [-0.39, 0.29) is 24.5 Å². The summed E-state index contributed by atoms with van der Waals surface area (Å²) < 4.78 is 0. The molecule has 0 bridgehead atoms. The van der Waals surface area contributed by atoms with Crippen LogP contribution in [-0.2, 0) is 11.3 Å². The van der Waals surface area contributed by atoms with E-state index in [2.05, 4.69) is 10.3 Å². The number of aryl methyl sites for hydroxylation is 2. The van der Waals surface area contributed by atoms with Gasteiger partial charge >= 0.3 is 0 Å². The van der Waals surface area contributed by atoms with Crippen molar-refractivity contribution in [3.05, 3.63) is 51.5 Å². The lowest BCUT2D eigenvalue weighted by Crippen LogP contribution is -2.23. The van der Waals surface area contributed by atoms with Gasteiger partial charge in [-0.25, -0.2) is 0 Å². The number of pyridine rings is 1. The van der Waals surface area contributed by atoms with Gasteiger partial charge in [-0.05, 0) is 38.1 Å². The van der Waals surface area contributed by atoms with E-state index in [1.54, 1.807) is 0 Å². The normalized spacial score (nSPS) is 10.4. The Morgan fingerprint density at radius 1 is 1.14 bits per heavy atom. The maximum absolute atomic E-state index is 11.9. The molecule has 1 amide bonds. The quantitative estimate of drug-likeness (QED) is 0.834. The van der Waals surface area contributed by atoms with Crippen LogP contribution in [0.1, 0.15) is 38.8 Å². The first-order chi connectivity index (χ1) is 10.0. The third kappa shape index (κ3) is 4.79. The Bertz CT molecular complexity index is 649. The summed E-state index contributed by atoms with van der Waals surface area (Å²) in [6.45, 7) is 4.27. The molecular weight excluding hydrogens is 284 g/mol. The van der Waals surface area contributed by atoms with Crippen LogP contribution in [0.4, 0.5) is 0 Å². The zero-order valence-electron chi connectivity index (χ0n) is 12.2. The van der Waals surface area contributed by atoms with E-state index >= 15 is 0 Å². The van der Waals surface area contributed by atoms with Gasteiger partial charge in [0, 0.05) is 23.4 Å². The minimum Gasteiger partial charge on any atom is -0.350 e. The lowest BCUT2D eigenvalue weighted by molar-refractivity contribution is -0.121. The fourth-order valence-corrected chi connectivity index (χ4v) is 2.75. The summed E-state index contributed by atoms with van der Waals surface area (Å²) in [5.74, 6) is -0.100. The van der Waals surface area contributed by atoms with Gasteiger partial charge in [0.05, 0.1) is 17.1 Å². The molecule has 0 saturated carbocycles. The summed E-state index contributed by atoms with van der Waals surface area (Å²) in [7, 11) is 0. The number of thiophene rings is 1. The number of nitrogens with zero attached hydrogens (tertiary/aromatic N) is 1. The van der Waals surface area contributed by atoms with Crippen molar-refractivity contribution in [1.82, 2.24) is 10.3 Å². The SMILES string of the molecule is Cc1cccc(CNC(=O)CCC(=O)c2ccc(C)s2)n1. The predicted octanol–water partition coefficient (Wildman–Crippen LogP) is 3.04. The maximum atomic E-state index is 11.9. The Balaban J connectivity index is 1.76. The lowest BCUT2D eigenvalue weighted by Gasteiger charge is -2.05. The summed E-state index contributed by atoms with van der Waals surface area (Å²) in [4.78, 5) is 29.8. The molecule has 2 aromatic rings. The van der Waals surface area contributed by atoms with E-state index in [1.165, 1.54) is 11.3 Å². The van der Waals surface area contributed by atoms with Gasteiger partial charge in [0.15, 0.2) is 5.78 Å². The average Bonchev–Trinajstić information content (AvgIpc) is 2.89. The maximum Gasteiger partial charge on any atom is 0.220 e. The Labute approximate surface area is 128 Å². The number of aromatic nitrogens is 1. The number of ketones is 1. The van der Waals surface area contributed by atoms with Crippen molar-refractivity contribution in [2.24, 2.45) is 0 Å². The smallest absolute Gasteiger partial charge is 0.220 e. The highest BCUT2D eigenvalue weighted by atomic mass is 32.1. The van der Waals surface area contributed by atoms with Crippen LogP contribution in [0, 0.1) is 13.8 Å². The second-order valence-electron chi connectivity index (χ2n) is 4.88. The first-order valence-electron chi connectivity index (χ1n) is 6.83. The summed E-state index contributed by atoms with van der Waals surface area (Å²) >= 11 is 1.47. The largest absolute Gasteiger partial charge is 0.350 e. The van der Waals surface area contributed by atoms with Crippen LogP contribution in [0.5, 0.6) is 0 Å². The van der Waals surface area contributed by atoms with Gasteiger partial charge in [-0.2, -0.15) is 0 Å². The van der Waals surface area contributed by atoms with Gasteiger partial charge in [-0.15, -0.1) is 11.3 Å². The van der Waals surface area contributed by atoms with Gasteiger partial charge in [0.25, 0.3) is 0 Å². The van der Waals surface area contributed by atoms with E-state index in [0.717, 1.165) is 21.1 Å². The monoisotopic (exact) mass is 302 g/mol. The molecule has 0 aliphatic carbocycles. The van der Waals surface area contributed by atoms with Gasteiger partial charge in [0.1, 0.15) is 0 Å². The lowest BCUT2D eigenvalue weighted by atomic mass is 10.2. The molecule has 0 fully saturated rings. The number of Topliss-reactive ketones (excluding diaryl/α,β-unsaturated/α-hetero) is 1. The Morgan fingerprint density at radius 2 is 1.95 bits per heavy atom. The third-order valence-electron chi connectivity index (χ3n) is 3.01. The molecule has 2 heterocycles. The molecule has 2 aromatic heterocycles. The number of carbonyl (C=O) groups is 2. The van der Waals surface area contributed by atoms with Crippen LogP contribution in [0.15, 0.2) is 30.3 Å². The Hall–Kier alpha value is -2.01. The third-order valence-corrected chi connectivity index (χ3v) is 4.05. The molecule has 2 rings (SSSR count). The first-order valence-corrected chi connectivity index (χ1v) is 7.65. The van der Waals surface area contributed by atoms with Crippen molar-refractivity contribution < 1.29 is 9.59 Å². The zero-order valence-corrected chi connectivity index (χ0v) is 13.0. The molecule has 21 heavy (non-hydrogen) atoms. The topological polar surface area (TPSA) is 59.1 Å². The highest BCUT2D eigenvalue weighted by Crippen LogP contribution is 2.17. The summed E-state index contributed by atoms with van der Waals surface area (Å²) in [6.07, 6.45) is 0.453. The van der Waals surface area contributed by atoms with Gasteiger partial charge < -0.3 is 5.32 Å². The summed E-state index contributed by atoms with van der Waals surface area (Å²) in [5.41, 5.74) is 1.74. The highest BCUT2D eigenvalue weighted by molar-refractivity contribution is 7.14. The molecule has 110 valence electrons. The fraction of sp³-hybridized carbons (Fsp3) is 0.312. The van der Waals surface area contributed by atoms with Crippen LogP contribution >= 0.6 is 11.3 Å². The standard InChI is InChI=1S/C16H18N2O2S/c1-11-4-3-5-13(18-11)10-17-16(20)9-7-14(19)15-8-6-12(2)21-15/h3-6,8H,7,9-10H2,1-2H3,(H,17,20). The van der Waals surface area contributed by atoms with E-state index in [0.29, 0.717) is 6.54 Å². The molecule has 0 aliphatic heterocycles. The molecule has 4 nitrogen and oxygen atoms in total. The van der Waals surface area contributed by atoms with Crippen LogP contribution in [-0.4, -0.2) is 16.7 Å². The molecule has 0 atom stereocenters. The van der Waals surface area contributed by atoms with Crippen molar-refractivity contribution in [1.29, 1.82) is 0 Å². The molecule has 0 aliphatic rings. The second kappa shape index (κ2) is 7.13. The van der Waals surface area contributed by atoms with Crippen LogP contribution in [0.3, 0.4) is 0 Å².